The number of halogens is 2. The van der Waals surface area contributed by atoms with Crippen LogP contribution in [0.1, 0.15) is 0 Å². The molecule has 0 fully saturated rings. The van der Waals surface area contributed by atoms with Gasteiger partial charge in [0.2, 0.25) is 5.28 Å². The highest BCUT2D eigenvalue weighted by atomic mass is 35.5. The Morgan fingerprint density at radius 3 is 2.64 bits per heavy atom. The minimum Gasteiger partial charge on any atom is -0.318 e. The van der Waals surface area contributed by atoms with E-state index in [1.807, 2.05) is 0 Å². The molecule has 0 aliphatic rings. The molecule has 0 saturated carbocycles. The van der Waals surface area contributed by atoms with Crippen LogP contribution in [0.3, 0.4) is 0 Å². The van der Waals surface area contributed by atoms with Gasteiger partial charge in [-0.3, -0.25) is 0 Å². The van der Waals surface area contributed by atoms with Gasteiger partial charge < -0.3 is 4.57 Å². The lowest BCUT2D eigenvalue weighted by molar-refractivity contribution is 0.629. The molecule has 14 heavy (non-hydrogen) atoms. The fraction of sp³-hybridized carbons (Fsp3) is 0.100. The van der Waals surface area contributed by atoms with Crippen molar-refractivity contribution in [2.24, 2.45) is 7.05 Å². The van der Waals surface area contributed by atoms with E-state index in [0.717, 1.165) is 0 Å². The normalized spacial score (nSPS) is 10.5. The van der Waals surface area contributed by atoms with Gasteiger partial charge in [-0.05, 0) is 23.7 Å². The average molecular weight is 211 g/mol. The van der Waals surface area contributed by atoms with Crippen LogP contribution in [0.4, 0.5) is 4.39 Å². The first-order valence-electron chi connectivity index (χ1n) is 4.12. The van der Waals surface area contributed by atoms with Crippen molar-refractivity contribution in [3.8, 4) is 11.3 Å². The highest BCUT2D eigenvalue weighted by Crippen LogP contribution is 2.23. The molecular formula is C10H8ClFN2. The van der Waals surface area contributed by atoms with Crippen LogP contribution in [0, 0.1) is 5.82 Å². The number of benzene rings is 1. The van der Waals surface area contributed by atoms with Gasteiger partial charge in [-0.25, -0.2) is 9.37 Å². The zero-order valence-corrected chi connectivity index (χ0v) is 8.29. The monoisotopic (exact) mass is 210 g/mol. The summed E-state index contributed by atoms with van der Waals surface area (Å²) in [6, 6.07) is 6.54. The Morgan fingerprint density at radius 2 is 2.07 bits per heavy atom. The molecule has 0 saturated heterocycles. The second-order valence-corrected chi connectivity index (χ2v) is 3.29. The Labute approximate surface area is 86.0 Å². The van der Waals surface area contributed by atoms with Crippen molar-refractivity contribution < 1.29 is 4.39 Å². The third-order valence-electron chi connectivity index (χ3n) is 2.08. The third-order valence-corrected chi connectivity index (χ3v) is 2.43. The summed E-state index contributed by atoms with van der Waals surface area (Å²) in [5, 5.41) is 0.350. The van der Waals surface area contributed by atoms with Gasteiger partial charge in [0.25, 0.3) is 0 Å². The van der Waals surface area contributed by atoms with Gasteiger partial charge in [0, 0.05) is 12.6 Å². The molecule has 0 unspecified atom stereocenters. The van der Waals surface area contributed by atoms with Gasteiger partial charge in [-0.1, -0.05) is 12.1 Å². The average Bonchev–Trinajstić information content (AvgIpc) is 2.49. The Bertz CT molecular complexity index is 465. The van der Waals surface area contributed by atoms with E-state index in [1.54, 1.807) is 36.0 Å². The van der Waals surface area contributed by atoms with Gasteiger partial charge in [-0.2, -0.15) is 0 Å². The molecule has 1 aromatic carbocycles. The highest BCUT2D eigenvalue weighted by Gasteiger charge is 2.09. The van der Waals surface area contributed by atoms with Crippen molar-refractivity contribution in [2.75, 3.05) is 0 Å². The van der Waals surface area contributed by atoms with E-state index in [0.29, 0.717) is 16.5 Å². The molecule has 72 valence electrons. The fourth-order valence-corrected chi connectivity index (χ4v) is 1.45. The SMILES string of the molecule is Cn1c(-c2ccccc2F)cnc1Cl. The Balaban J connectivity index is 2.60. The van der Waals surface area contributed by atoms with E-state index in [1.165, 1.54) is 6.07 Å². The van der Waals surface area contributed by atoms with E-state index in [4.69, 9.17) is 11.6 Å². The summed E-state index contributed by atoms with van der Waals surface area (Å²) in [5.41, 5.74) is 1.18. The van der Waals surface area contributed by atoms with Gasteiger partial charge in [0.05, 0.1) is 11.9 Å². The van der Waals surface area contributed by atoms with Crippen molar-refractivity contribution in [2.45, 2.75) is 0 Å². The van der Waals surface area contributed by atoms with Crippen LogP contribution in [0.5, 0.6) is 0 Å². The molecule has 0 aliphatic heterocycles. The minimum absolute atomic E-state index is 0.271. The lowest BCUT2D eigenvalue weighted by Gasteiger charge is -2.03. The molecule has 2 aromatic rings. The second-order valence-electron chi connectivity index (χ2n) is 2.95. The molecule has 0 atom stereocenters. The molecule has 0 amide bonds. The summed E-state index contributed by atoms with van der Waals surface area (Å²) in [4.78, 5) is 3.90. The first-order valence-corrected chi connectivity index (χ1v) is 4.50. The fourth-order valence-electron chi connectivity index (χ4n) is 1.31. The minimum atomic E-state index is -0.271. The Hall–Kier alpha value is -1.35. The summed E-state index contributed by atoms with van der Waals surface area (Å²) < 4.78 is 15.0. The molecule has 1 heterocycles. The zero-order chi connectivity index (χ0) is 10.1. The predicted octanol–water partition coefficient (Wildman–Crippen LogP) is 2.88. The largest absolute Gasteiger partial charge is 0.318 e. The maximum atomic E-state index is 13.4. The number of imidazole rings is 1. The molecule has 0 bridgehead atoms. The summed E-state index contributed by atoms with van der Waals surface area (Å²) in [6.07, 6.45) is 1.56. The molecule has 0 N–H and O–H groups in total. The summed E-state index contributed by atoms with van der Waals surface area (Å²) >= 11 is 5.76. The summed E-state index contributed by atoms with van der Waals surface area (Å²) in [6.45, 7) is 0. The molecule has 4 heteroatoms. The molecule has 1 aromatic heterocycles. The van der Waals surface area contributed by atoms with Crippen molar-refractivity contribution >= 4 is 11.6 Å². The standard InChI is InChI=1S/C10H8ClFN2/c1-14-9(6-13-10(14)11)7-4-2-3-5-8(7)12/h2-6H,1H3. The first-order chi connectivity index (χ1) is 6.70. The zero-order valence-electron chi connectivity index (χ0n) is 7.54. The van der Waals surface area contributed by atoms with Crippen molar-refractivity contribution in [1.29, 1.82) is 0 Å². The van der Waals surface area contributed by atoms with Crippen LogP contribution in [0.25, 0.3) is 11.3 Å². The highest BCUT2D eigenvalue weighted by molar-refractivity contribution is 6.28. The topological polar surface area (TPSA) is 17.8 Å². The number of hydrogen-bond donors (Lipinski definition) is 0. The van der Waals surface area contributed by atoms with Crippen LogP contribution < -0.4 is 0 Å². The van der Waals surface area contributed by atoms with Crippen molar-refractivity contribution in [3.05, 3.63) is 41.6 Å². The summed E-state index contributed by atoms with van der Waals surface area (Å²) in [5.74, 6) is -0.271. The van der Waals surface area contributed by atoms with E-state index in [2.05, 4.69) is 4.98 Å². The number of aromatic nitrogens is 2. The maximum absolute atomic E-state index is 13.4. The van der Waals surface area contributed by atoms with Gasteiger partial charge >= 0.3 is 0 Å². The quantitative estimate of drug-likeness (QED) is 0.708. The van der Waals surface area contributed by atoms with Crippen LogP contribution in [0.15, 0.2) is 30.5 Å². The maximum Gasteiger partial charge on any atom is 0.202 e. The molecule has 0 radical (unpaired) electrons. The number of nitrogens with zero attached hydrogens (tertiary/aromatic N) is 2. The van der Waals surface area contributed by atoms with Gasteiger partial charge in [0.15, 0.2) is 0 Å². The number of rotatable bonds is 1. The van der Waals surface area contributed by atoms with E-state index in [-0.39, 0.29) is 5.82 Å². The van der Waals surface area contributed by atoms with Crippen LogP contribution in [-0.4, -0.2) is 9.55 Å². The van der Waals surface area contributed by atoms with Crippen molar-refractivity contribution in [1.82, 2.24) is 9.55 Å². The van der Waals surface area contributed by atoms with Crippen LogP contribution in [-0.2, 0) is 7.05 Å². The summed E-state index contributed by atoms with van der Waals surface area (Å²) in [7, 11) is 1.75. The lowest BCUT2D eigenvalue weighted by Crippen LogP contribution is -1.93. The smallest absolute Gasteiger partial charge is 0.202 e. The van der Waals surface area contributed by atoms with E-state index >= 15 is 0 Å². The molecule has 2 rings (SSSR count). The Morgan fingerprint density at radius 1 is 1.36 bits per heavy atom. The molecule has 2 nitrogen and oxygen atoms in total. The molecule has 0 spiro atoms. The predicted molar refractivity (Wildman–Crippen MR) is 53.6 cm³/mol. The number of hydrogen-bond acceptors (Lipinski definition) is 1. The molecular weight excluding hydrogens is 203 g/mol. The van der Waals surface area contributed by atoms with E-state index in [9.17, 15) is 4.39 Å². The van der Waals surface area contributed by atoms with Gasteiger partial charge in [-0.15, -0.1) is 0 Å². The Kier molecular flexibility index (Phi) is 2.25. The van der Waals surface area contributed by atoms with Crippen LogP contribution >= 0.6 is 11.6 Å². The van der Waals surface area contributed by atoms with Gasteiger partial charge in [0.1, 0.15) is 5.82 Å². The molecule has 0 aliphatic carbocycles. The van der Waals surface area contributed by atoms with Crippen molar-refractivity contribution in [3.63, 3.8) is 0 Å². The lowest BCUT2D eigenvalue weighted by atomic mass is 10.1. The first kappa shape index (κ1) is 9.21. The van der Waals surface area contributed by atoms with Crippen LogP contribution in [0.2, 0.25) is 5.28 Å². The van der Waals surface area contributed by atoms with E-state index < -0.39 is 0 Å². The third kappa shape index (κ3) is 1.40. The second kappa shape index (κ2) is 3.42.